The molecule has 1 aliphatic heterocycles. The molecule has 0 spiro atoms. The lowest BCUT2D eigenvalue weighted by molar-refractivity contribution is -0.157. The number of amides is 1. The van der Waals surface area contributed by atoms with E-state index in [0.29, 0.717) is 0 Å². The summed E-state index contributed by atoms with van der Waals surface area (Å²) in [4.78, 5) is 11.7. The lowest BCUT2D eigenvalue weighted by Crippen LogP contribution is -2.71. The zero-order valence-electron chi connectivity index (χ0n) is 9.37. The molecule has 0 atom stereocenters. The Morgan fingerprint density at radius 1 is 1.35 bits per heavy atom. The van der Waals surface area contributed by atoms with Crippen LogP contribution >= 0.6 is 10.6 Å². The van der Waals surface area contributed by atoms with Crippen LogP contribution in [0.3, 0.4) is 0 Å². The third-order valence-corrected chi connectivity index (χ3v) is 5.31. The van der Waals surface area contributed by atoms with E-state index in [9.17, 15) is 22.7 Å². The molecule has 2 rings (SSSR count). The van der Waals surface area contributed by atoms with E-state index < -0.39 is 46.3 Å². The van der Waals surface area contributed by atoms with Crippen molar-refractivity contribution in [2.24, 2.45) is 5.73 Å². The summed E-state index contributed by atoms with van der Waals surface area (Å²) in [5, 5.41) is 2.53. The second kappa shape index (κ2) is 3.31. The maximum absolute atomic E-state index is 12.7. The van der Waals surface area contributed by atoms with E-state index in [0.717, 1.165) is 0 Å². The van der Waals surface area contributed by atoms with Gasteiger partial charge in [0.15, 0.2) is 0 Å². The maximum Gasteiger partial charge on any atom is 0.252 e. The van der Waals surface area contributed by atoms with Gasteiger partial charge in [-0.1, -0.05) is 0 Å². The highest BCUT2D eigenvalue weighted by molar-refractivity contribution is 8.25. The van der Waals surface area contributed by atoms with Crippen molar-refractivity contribution >= 4 is 16.5 Å². The van der Waals surface area contributed by atoms with Crippen molar-refractivity contribution in [1.29, 1.82) is 0 Å². The van der Waals surface area contributed by atoms with E-state index in [1.165, 1.54) is 0 Å². The molecule has 0 radical (unpaired) electrons. The second-order valence-electron chi connectivity index (χ2n) is 5.47. The molecule has 0 aromatic rings. The molecule has 8 heteroatoms. The first-order valence-corrected chi connectivity index (χ1v) is 7.07. The van der Waals surface area contributed by atoms with Crippen LogP contribution in [0.15, 0.2) is 0 Å². The molecule has 0 aromatic heterocycles. The predicted molar refractivity (Wildman–Crippen MR) is 60.2 cm³/mol. The third-order valence-electron chi connectivity index (χ3n) is 3.12. The van der Waals surface area contributed by atoms with Crippen LogP contribution in [0.25, 0.3) is 0 Å². The number of carbonyl (C=O) groups is 1. The monoisotopic (exact) mass is 270 g/mol. The Morgan fingerprint density at radius 2 is 1.82 bits per heavy atom. The highest BCUT2D eigenvalue weighted by Crippen LogP contribution is 2.54. The van der Waals surface area contributed by atoms with Crippen LogP contribution in [0.5, 0.6) is 0 Å². The zero-order valence-corrected chi connectivity index (χ0v) is 10.2. The molecule has 0 unspecified atom stereocenters. The summed E-state index contributed by atoms with van der Waals surface area (Å²) in [6, 6.07) is 0. The van der Waals surface area contributed by atoms with E-state index in [1.807, 2.05) is 0 Å². The van der Waals surface area contributed by atoms with Gasteiger partial charge >= 0.3 is 0 Å². The van der Waals surface area contributed by atoms with Gasteiger partial charge in [0.2, 0.25) is 5.91 Å². The summed E-state index contributed by atoms with van der Waals surface area (Å²) in [6.07, 6.45) is -1.31. The molecule has 5 nitrogen and oxygen atoms in total. The molecule has 2 aliphatic rings. The largest absolute Gasteiger partial charge is 0.346 e. The fourth-order valence-electron chi connectivity index (χ4n) is 2.48. The molecular weight excluding hydrogens is 254 g/mol. The minimum Gasteiger partial charge on any atom is -0.346 e. The zero-order chi connectivity index (χ0) is 13.1. The Balaban J connectivity index is 1.91. The molecule has 5 N–H and O–H groups in total. The SMILES string of the molecule is CC1(NC(=O)C2(N)CC(F)(F)C2)CS(O)(O)C1. The summed E-state index contributed by atoms with van der Waals surface area (Å²) in [5.41, 5.74) is 3.30. The minimum absolute atomic E-state index is 0.0538. The molecule has 1 aliphatic carbocycles. The molecule has 0 bridgehead atoms. The third kappa shape index (κ3) is 2.40. The van der Waals surface area contributed by atoms with Crippen molar-refractivity contribution in [3.63, 3.8) is 0 Å². The molecule has 1 amide bonds. The Hall–Kier alpha value is -0.440. The van der Waals surface area contributed by atoms with E-state index in [-0.39, 0.29) is 11.5 Å². The first-order chi connectivity index (χ1) is 7.46. The van der Waals surface area contributed by atoms with Crippen LogP contribution in [-0.4, -0.2) is 43.5 Å². The van der Waals surface area contributed by atoms with Crippen molar-refractivity contribution in [2.75, 3.05) is 11.5 Å². The van der Waals surface area contributed by atoms with Gasteiger partial charge in [0.05, 0.1) is 17.0 Å². The summed E-state index contributed by atoms with van der Waals surface area (Å²) in [5.74, 6) is -3.40. The number of hydrogen-bond acceptors (Lipinski definition) is 4. The predicted octanol–water partition coefficient (Wildman–Crippen LogP) is 0.752. The van der Waals surface area contributed by atoms with Crippen LogP contribution in [-0.2, 0) is 4.79 Å². The normalized spacial score (nSPS) is 32.8. The van der Waals surface area contributed by atoms with Crippen molar-refractivity contribution < 1.29 is 22.7 Å². The van der Waals surface area contributed by atoms with Crippen molar-refractivity contribution in [3.8, 4) is 0 Å². The van der Waals surface area contributed by atoms with Gasteiger partial charge in [0, 0.05) is 12.8 Å². The van der Waals surface area contributed by atoms with Crippen LogP contribution in [0, 0.1) is 0 Å². The van der Waals surface area contributed by atoms with Gasteiger partial charge in [0.1, 0.15) is 5.54 Å². The van der Waals surface area contributed by atoms with Crippen molar-refractivity contribution in [2.45, 2.75) is 36.8 Å². The number of nitrogens with two attached hydrogens (primary N) is 1. The van der Waals surface area contributed by atoms with Crippen molar-refractivity contribution in [1.82, 2.24) is 5.32 Å². The minimum atomic E-state index is -2.87. The number of alkyl halides is 2. The Labute approximate surface area is 99.1 Å². The molecule has 100 valence electrons. The number of rotatable bonds is 2. The average Bonchev–Trinajstić information content (AvgIpc) is 1.94. The molecule has 2 fully saturated rings. The lowest BCUT2D eigenvalue weighted by Gasteiger charge is -2.55. The number of hydrogen-bond donors (Lipinski definition) is 4. The van der Waals surface area contributed by atoms with E-state index >= 15 is 0 Å². The average molecular weight is 270 g/mol. The smallest absolute Gasteiger partial charge is 0.252 e. The fraction of sp³-hybridized carbons (Fsp3) is 0.889. The van der Waals surface area contributed by atoms with Crippen LogP contribution < -0.4 is 11.1 Å². The molecule has 1 heterocycles. The fourth-order valence-corrected chi connectivity index (χ4v) is 4.58. The Bertz CT molecular complexity index is 359. The first-order valence-electron chi connectivity index (χ1n) is 5.18. The van der Waals surface area contributed by atoms with Crippen molar-refractivity contribution in [3.05, 3.63) is 0 Å². The highest BCUT2D eigenvalue weighted by atomic mass is 32.3. The topological polar surface area (TPSA) is 95.6 Å². The van der Waals surface area contributed by atoms with Gasteiger partial charge in [-0.3, -0.25) is 13.9 Å². The molecule has 1 saturated carbocycles. The highest BCUT2D eigenvalue weighted by Gasteiger charge is 2.60. The summed E-state index contributed by atoms with van der Waals surface area (Å²) in [6.45, 7) is 1.64. The van der Waals surface area contributed by atoms with Crippen LogP contribution in [0.4, 0.5) is 8.78 Å². The van der Waals surface area contributed by atoms with Gasteiger partial charge in [0.25, 0.3) is 5.92 Å². The molecule has 0 aromatic carbocycles. The van der Waals surface area contributed by atoms with Crippen LogP contribution in [0.2, 0.25) is 0 Å². The van der Waals surface area contributed by atoms with E-state index in [4.69, 9.17) is 5.73 Å². The van der Waals surface area contributed by atoms with Crippen LogP contribution in [0.1, 0.15) is 19.8 Å². The number of nitrogens with one attached hydrogen (secondary N) is 1. The quantitative estimate of drug-likeness (QED) is 0.595. The maximum atomic E-state index is 12.7. The van der Waals surface area contributed by atoms with Gasteiger partial charge in [-0.05, 0) is 6.92 Å². The van der Waals surface area contributed by atoms with Gasteiger partial charge < -0.3 is 11.1 Å². The standard InChI is InChI=1S/C9H16F2N2O3S/c1-7(4-17(15,16)5-7)13-6(14)8(12)2-9(10,11)3-8/h15-16H,2-5,12H2,1H3,(H,13,14). The van der Waals surface area contributed by atoms with E-state index in [2.05, 4.69) is 5.32 Å². The van der Waals surface area contributed by atoms with E-state index in [1.54, 1.807) is 6.92 Å². The summed E-state index contributed by atoms with van der Waals surface area (Å²) < 4.78 is 43.9. The second-order valence-corrected chi connectivity index (χ2v) is 7.65. The summed E-state index contributed by atoms with van der Waals surface area (Å²) >= 11 is 0. The van der Waals surface area contributed by atoms with Gasteiger partial charge in [-0.25, -0.2) is 8.78 Å². The molecule has 17 heavy (non-hydrogen) atoms. The Kier molecular flexibility index (Phi) is 2.53. The number of halogens is 2. The first kappa shape index (κ1) is 13.0. The summed E-state index contributed by atoms with van der Waals surface area (Å²) in [7, 11) is -2.60. The van der Waals surface area contributed by atoms with Gasteiger partial charge in [-0.2, -0.15) is 10.6 Å². The molecular formula is C9H16F2N2O3S. The Morgan fingerprint density at radius 3 is 2.18 bits per heavy atom. The lowest BCUT2D eigenvalue weighted by atomic mass is 9.73. The number of carbonyl (C=O) groups excluding carboxylic acids is 1. The van der Waals surface area contributed by atoms with Gasteiger partial charge in [-0.15, -0.1) is 0 Å². The molecule has 1 saturated heterocycles.